The molecular weight excluding hydrogens is 269 g/mol. The first-order valence-electron chi connectivity index (χ1n) is 7.41. The highest BCUT2D eigenvalue weighted by Crippen LogP contribution is 2.35. The number of nitrogens with zero attached hydrogens (tertiary/aromatic N) is 1. The zero-order chi connectivity index (χ0) is 14.9. The second kappa shape index (κ2) is 5.92. The van der Waals surface area contributed by atoms with Gasteiger partial charge in [0.25, 0.3) is 0 Å². The molecule has 20 heavy (non-hydrogen) atoms. The molecule has 0 bridgehead atoms. The van der Waals surface area contributed by atoms with Crippen molar-refractivity contribution >= 4 is 5.91 Å². The van der Waals surface area contributed by atoms with Gasteiger partial charge in [-0.25, -0.2) is 0 Å². The number of carbonyl (C=O) groups is 1. The van der Waals surface area contributed by atoms with E-state index in [-0.39, 0.29) is 43.8 Å². The van der Waals surface area contributed by atoms with Crippen LogP contribution >= 0.6 is 0 Å². The monoisotopic (exact) mass is 292 g/mol. The van der Waals surface area contributed by atoms with Crippen molar-refractivity contribution in [3.8, 4) is 0 Å². The largest absolute Gasteiger partial charge is 0.391 e. The Labute approximate surface area is 117 Å². The highest BCUT2D eigenvalue weighted by Gasteiger charge is 2.43. The van der Waals surface area contributed by atoms with Crippen LogP contribution < -0.4 is 5.73 Å². The van der Waals surface area contributed by atoms with Gasteiger partial charge in [-0.3, -0.25) is 4.79 Å². The van der Waals surface area contributed by atoms with E-state index in [2.05, 4.69) is 0 Å². The van der Waals surface area contributed by atoms with Gasteiger partial charge >= 0.3 is 6.18 Å². The number of likely N-dealkylation sites (tertiary alicyclic amines) is 1. The summed E-state index contributed by atoms with van der Waals surface area (Å²) in [5.41, 5.74) is 6.10. The summed E-state index contributed by atoms with van der Waals surface area (Å²) in [7, 11) is 0. The van der Waals surface area contributed by atoms with Crippen molar-refractivity contribution in [2.24, 2.45) is 23.5 Å². The van der Waals surface area contributed by atoms with Crippen LogP contribution in [0.15, 0.2) is 0 Å². The predicted octanol–water partition coefficient (Wildman–Crippen LogP) is 2.55. The number of carbonyl (C=O) groups excluding carboxylic acids is 1. The zero-order valence-electron chi connectivity index (χ0n) is 11.8. The lowest BCUT2D eigenvalue weighted by Gasteiger charge is -2.39. The standard InChI is InChI=1S/C14H23F3N2O/c1-9-3-2-4-11(12(9)18)13(20)19-7-5-10(6-8-19)14(15,16)17/h9-12H,2-8,18H2,1H3. The number of rotatable bonds is 1. The highest BCUT2D eigenvalue weighted by atomic mass is 19.4. The van der Waals surface area contributed by atoms with Gasteiger partial charge in [0, 0.05) is 19.1 Å². The van der Waals surface area contributed by atoms with Crippen LogP contribution in [0.3, 0.4) is 0 Å². The fraction of sp³-hybridized carbons (Fsp3) is 0.929. The molecule has 0 radical (unpaired) electrons. The van der Waals surface area contributed by atoms with E-state index in [1.54, 1.807) is 4.90 Å². The van der Waals surface area contributed by atoms with Crippen molar-refractivity contribution in [1.29, 1.82) is 0 Å². The lowest BCUT2D eigenvalue weighted by atomic mass is 9.77. The van der Waals surface area contributed by atoms with E-state index in [0.29, 0.717) is 5.92 Å². The van der Waals surface area contributed by atoms with Crippen molar-refractivity contribution in [2.75, 3.05) is 13.1 Å². The van der Waals surface area contributed by atoms with Crippen LogP contribution in [0.25, 0.3) is 0 Å². The van der Waals surface area contributed by atoms with E-state index < -0.39 is 12.1 Å². The van der Waals surface area contributed by atoms with Crippen LogP contribution in [-0.4, -0.2) is 36.1 Å². The van der Waals surface area contributed by atoms with E-state index >= 15 is 0 Å². The van der Waals surface area contributed by atoms with Gasteiger partial charge in [-0.05, 0) is 31.6 Å². The van der Waals surface area contributed by atoms with Gasteiger partial charge in [-0.1, -0.05) is 13.3 Å². The molecule has 3 atom stereocenters. The van der Waals surface area contributed by atoms with E-state index in [1.807, 2.05) is 6.92 Å². The Hall–Kier alpha value is -0.780. The Kier molecular flexibility index (Phi) is 4.62. The fourth-order valence-corrected chi connectivity index (χ4v) is 3.39. The summed E-state index contributed by atoms with van der Waals surface area (Å²) >= 11 is 0. The topological polar surface area (TPSA) is 46.3 Å². The van der Waals surface area contributed by atoms with Crippen molar-refractivity contribution in [1.82, 2.24) is 4.90 Å². The van der Waals surface area contributed by atoms with Crippen molar-refractivity contribution < 1.29 is 18.0 Å². The maximum Gasteiger partial charge on any atom is 0.391 e. The molecular formula is C14H23F3N2O. The average Bonchev–Trinajstić information content (AvgIpc) is 2.40. The molecule has 2 aliphatic rings. The molecule has 116 valence electrons. The molecule has 2 rings (SSSR count). The first-order chi connectivity index (χ1) is 9.30. The Morgan fingerprint density at radius 1 is 1.15 bits per heavy atom. The van der Waals surface area contributed by atoms with E-state index in [9.17, 15) is 18.0 Å². The minimum absolute atomic E-state index is 0.0206. The van der Waals surface area contributed by atoms with Gasteiger partial charge in [-0.2, -0.15) is 13.2 Å². The summed E-state index contributed by atoms with van der Waals surface area (Å²) in [5.74, 6) is -1.19. The molecule has 0 aromatic heterocycles. The van der Waals surface area contributed by atoms with Crippen LogP contribution in [0.1, 0.15) is 39.0 Å². The van der Waals surface area contributed by atoms with Gasteiger partial charge in [0.1, 0.15) is 0 Å². The second-order valence-electron chi connectivity index (χ2n) is 6.23. The second-order valence-corrected chi connectivity index (χ2v) is 6.23. The summed E-state index contributed by atoms with van der Waals surface area (Å²) in [5, 5.41) is 0. The van der Waals surface area contributed by atoms with Crippen LogP contribution in [0.2, 0.25) is 0 Å². The Morgan fingerprint density at radius 3 is 2.30 bits per heavy atom. The number of hydrogen-bond donors (Lipinski definition) is 1. The van der Waals surface area contributed by atoms with Gasteiger partial charge in [-0.15, -0.1) is 0 Å². The molecule has 1 aliphatic heterocycles. The van der Waals surface area contributed by atoms with E-state index in [4.69, 9.17) is 5.73 Å². The molecule has 1 amide bonds. The van der Waals surface area contributed by atoms with Crippen LogP contribution in [0, 0.1) is 17.8 Å². The van der Waals surface area contributed by atoms with Gasteiger partial charge in [0.2, 0.25) is 5.91 Å². The van der Waals surface area contributed by atoms with Crippen LogP contribution in [0.5, 0.6) is 0 Å². The first-order valence-corrected chi connectivity index (χ1v) is 7.41. The van der Waals surface area contributed by atoms with E-state index in [1.165, 1.54) is 0 Å². The molecule has 1 saturated carbocycles. The summed E-state index contributed by atoms with van der Waals surface area (Å²) in [6.07, 6.45) is -1.32. The molecule has 0 spiro atoms. The quantitative estimate of drug-likeness (QED) is 0.807. The molecule has 0 aromatic carbocycles. The summed E-state index contributed by atoms with van der Waals surface area (Å²) in [6, 6.07) is -0.156. The molecule has 3 unspecified atom stereocenters. The molecule has 6 heteroatoms. The zero-order valence-corrected chi connectivity index (χ0v) is 11.8. The summed E-state index contributed by atoms with van der Waals surface area (Å²) in [6.45, 7) is 2.46. The summed E-state index contributed by atoms with van der Waals surface area (Å²) < 4.78 is 37.8. The highest BCUT2D eigenvalue weighted by molar-refractivity contribution is 5.79. The summed E-state index contributed by atoms with van der Waals surface area (Å²) in [4.78, 5) is 14.0. The third-order valence-corrected chi connectivity index (χ3v) is 4.88. The van der Waals surface area contributed by atoms with Crippen molar-refractivity contribution in [3.05, 3.63) is 0 Å². The van der Waals surface area contributed by atoms with Gasteiger partial charge in [0.05, 0.1) is 11.8 Å². The predicted molar refractivity (Wildman–Crippen MR) is 69.8 cm³/mol. The Bertz CT molecular complexity index is 351. The smallest absolute Gasteiger partial charge is 0.342 e. The molecule has 2 N–H and O–H groups in total. The van der Waals surface area contributed by atoms with Gasteiger partial charge < -0.3 is 10.6 Å². The van der Waals surface area contributed by atoms with Crippen LogP contribution in [0.4, 0.5) is 13.2 Å². The number of nitrogens with two attached hydrogens (primary N) is 1. The first kappa shape index (κ1) is 15.6. The third-order valence-electron chi connectivity index (χ3n) is 4.88. The number of halogens is 3. The Morgan fingerprint density at radius 2 is 1.75 bits per heavy atom. The molecule has 2 fully saturated rings. The Balaban J connectivity index is 1.91. The average molecular weight is 292 g/mol. The lowest BCUT2D eigenvalue weighted by molar-refractivity contribution is -0.187. The van der Waals surface area contributed by atoms with Crippen LogP contribution in [-0.2, 0) is 4.79 Å². The normalized spacial score (nSPS) is 33.2. The van der Waals surface area contributed by atoms with Crippen molar-refractivity contribution in [3.63, 3.8) is 0 Å². The number of amides is 1. The molecule has 1 aliphatic carbocycles. The lowest BCUT2D eigenvalue weighted by Crippen LogP contribution is -2.51. The molecule has 1 saturated heterocycles. The molecule has 0 aromatic rings. The van der Waals surface area contributed by atoms with Gasteiger partial charge in [0.15, 0.2) is 0 Å². The minimum atomic E-state index is -4.13. The number of piperidine rings is 1. The molecule has 1 heterocycles. The van der Waals surface area contributed by atoms with Crippen molar-refractivity contribution in [2.45, 2.75) is 51.2 Å². The molecule has 3 nitrogen and oxygen atoms in total. The minimum Gasteiger partial charge on any atom is -0.342 e. The van der Waals surface area contributed by atoms with E-state index in [0.717, 1.165) is 19.3 Å². The third kappa shape index (κ3) is 3.27. The SMILES string of the molecule is CC1CCCC(C(=O)N2CCC(C(F)(F)F)CC2)C1N. The maximum absolute atomic E-state index is 12.6. The number of hydrogen-bond acceptors (Lipinski definition) is 2. The number of alkyl halides is 3. The fourth-order valence-electron chi connectivity index (χ4n) is 3.39. The maximum atomic E-state index is 12.6.